The maximum Gasteiger partial charge on any atom is 0.263 e. The molecule has 2 heterocycles. The Labute approximate surface area is 165 Å². The zero-order chi connectivity index (χ0) is 20.0. The van der Waals surface area contributed by atoms with Crippen molar-refractivity contribution in [2.24, 2.45) is 0 Å². The van der Waals surface area contributed by atoms with Crippen molar-refractivity contribution in [2.75, 3.05) is 19.0 Å². The van der Waals surface area contributed by atoms with Crippen LogP contribution in [0.2, 0.25) is 0 Å². The van der Waals surface area contributed by atoms with E-state index in [-0.39, 0.29) is 23.1 Å². The minimum atomic E-state index is -0.371. The van der Waals surface area contributed by atoms with Crippen LogP contribution in [0, 0.1) is 13.8 Å². The summed E-state index contributed by atoms with van der Waals surface area (Å²) in [5, 5.41) is 1.13. The van der Waals surface area contributed by atoms with E-state index in [9.17, 15) is 14.4 Å². The molecule has 148 valence electrons. The van der Waals surface area contributed by atoms with E-state index in [1.165, 1.54) is 30.0 Å². The topological polar surface area (TPSA) is 102 Å². The Morgan fingerprint density at radius 2 is 2.04 bits per heavy atom. The number of carbonyl (C=O) groups excluding carboxylic acids is 2. The van der Waals surface area contributed by atoms with Gasteiger partial charge in [0.2, 0.25) is 11.8 Å². The maximum absolute atomic E-state index is 13.0. The molecule has 2 aromatic rings. The number of thiophene rings is 1. The molecule has 2 N–H and O–H groups in total. The summed E-state index contributed by atoms with van der Waals surface area (Å²) >= 11 is 2.65. The van der Waals surface area contributed by atoms with Gasteiger partial charge in [-0.15, -0.1) is 11.3 Å². The van der Waals surface area contributed by atoms with Gasteiger partial charge >= 0.3 is 0 Å². The van der Waals surface area contributed by atoms with Crippen LogP contribution < -0.4 is 16.4 Å². The number of hydrazine groups is 1. The van der Waals surface area contributed by atoms with Crippen LogP contribution in [0.25, 0.3) is 10.2 Å². The predicted octanol–water partition coefficient (Wildman–Crippen LogP) is 1.76. The van der Waals surface area contributed by atoms with Crippen molar-refractivity contribution in [3.63, 3.8) is 0 Å². The van der Waals surface area contributed by atoms with Crippen molar-refractivity contribution in [1.82, 2.24) is 20.4 Å². The zero-order valence-electron chi connectivity index (χ0n) is 15.9. The number of nitrogens with zero attached hydrogens (tertiary/aromatic N) is 2. The SMILES string of the molecule is CCOCCCn1c(SCC(=O)NNC(C)=O)nc2sc(C)c(C)c2c1=O. The van der Waals surface area contributed by atoms with E-state index < -0.39 is 0 Å². The van der Waals surface area contributed by atoms with Crippen LogP contribution in [-0.2, 0) is 20.9 Å². The summed E-state index contributed by atoms with van der Waals surface area (Å²) in [5.74, 6) is -0.693. The van der Waals surface area contributed by atoms with Crippen molar-refractivity contribution in [3.8, 4) is 0 Å². The zero-order valence-corrected chi connectivity index (χ0v) is 17.5. The Morgan fingerprint density at radius 3 is 2.70 bits per heavy atom. The summed E-state index contributed by atoms with van der Waals surface area (Å²) in [6.07, 6.45) is 0.675. The quantitative estimate of drug-likeness (QED) is 0.296. The van der Waals surface area contributed by atoms with Crippen molar-refractivity contribution < 1.29 is 14.3 Å². The fraction of sp³-hybridized carbons (Fsp3) is 0.529. The Kier molecular flexibility index (Phi) is 7.81. The van der Waals surface area contributed by atoms with Crippen molar-refractivity contribution >= 4 is 45.1 Å². The highest BCUT2D eigenvalue weighted by atomic mass is 32.2. The molecule has 0 saturated heterocycles. The number of thioether (sulfide) groups is 1. The number of carbonyl (C=O) groups is 2. The molecule has 0 aliphatic heterocycles. The van der Waals surface area contributed by atoms with Crippen LogP contribution in [-0.4, -0.2) is 40.3 Å². The predicted molar refractivity (Wildman–Crippen MR) is 107 cm³/mol. The van der Waals surface area contributed by atoms with Gasteiger partial charge in [-0.25, -0.2) is 4.98 Å². The van der Waals surface area contributed by atoms with E-state index in [2.05, 4.69) is 15.8 Å². The molecule has 0 radical (unpaired) electrons. The van der Waals surface area contributed by atoms with Crippen molar-refractivity contribution in [1.29, 1.82) is 0 Å². The minimum Gasteiger partial charge on any atom is -0.382 e. The lowest BCUT2D eigenvalue weighted by Crippen LogP contribution is -2.41. The highest BCUT2D eigenvalue weighted by molar-refractivity contribution is 7.99. The lowest BCUT2D eigenvalue weighted by molar-refractivity contribution is -0.126. The summed E-state index contributed by atoms with van der Waals surface area (Å²) < 4.78 is 6.97. The van der Waals surface area contributed by atoms with E-state index in [0.717, 1.165) is 10.4 Å². The molecule has 0 saturated carbocycles. The summed E-state index contributed by atoms with van der Waals surface area (Å²) in [7, 11) is 0. The average Bonchev–Trinajstić information content (AvgIpc) is 2.91. The second kappa shape index (κ2) is 9.86. The first-order valence-electron chi connectivity index (χ1n) is 8.61. The molecule has 0 fully saturated rings. The van der Waals surface area contributed by atoms with Crippen LogP contribution >= 0.6 is 23.1 Å². The molecule has 2 aromatic heterocycles. The molecule has 0 aromatic carbocycles. The third-order valence-corrected chi connectivity index (χ3v) is 5.92. The summed E-state index contributed by atoms with van der Waals surface area (Å²) in [5.41, 5.74) is 5.40. The van der Waals surface area contributed by atoms with Crippen LogP contribution in [0.1, 0.15) is 30.7 Å². The first-order chi connectivity index (χ1) is 12.8. The fourth-order valence-corrected chi connectivity index (χ4v) is 4.30. The average molecular weight is 413 g/mol. The maximum atomic E-state index is 13.0. The Balaban J connectivity index is 2.27. The van der Waals surface area contributed by atoms with Crippen LogP contribution in [0.5, 0.6) is 0 Å². The van der Waals surface area contributed by atoms with E-state index in [1.807, 2.05) is 20.8 Å². The molecule has 0 atom stereocenters. The molecular formula is C17H24N4O4S2. The molecular weight excluding hydrogens is 388 g/mol. The van der Waals surface area contributed by atoms with Crippen molar-refractivity contribution in [2.45, 2.75) is 45.8 Å². The highest BCUT2D eigenvalue weighted by Gasteiger charge is 2.17. The fourth-order valence-electron chi connectivity index (χ4n) is 2.41. The standard InChI is InChI=1S/C17H24N4O4S2/c1-5-25-8-6-7-21-16(24)14-10(2)11(3)27-15(14)18-17(21)26-9-13(23)20-19-12(4)22/h5-9H2,1-4H3,(H,19,22)(H,20,23). The number of aromatic nitrogens is 2. The van der Waals surface area contributed by atoms with Gasteiger partial charge in [-0.2, -0.15) is 0 Å². The van der Waals surface area contributed by atoms with Gasteiger partial charge in [-0.1, -0.05) is 11.8 Å². The Morgan fingerprint density at radius 1 is 1.30 bits per heavy atom. The van der Waals surface area contributed by atoms with Crippen LogP contribution in [0.3, 0.4) is 0 Å². The molecule has 27 heavy (non-hydrogen) atoms. The third-order valence-electron chi connectivity index (χ3n) is 3.84. The molecule has 0 bridgehead atoms. The van der Waals surface area contributed by atoms with Gasteiger partial charge in [0.1, 0.15) is 4.83 Å². The molecule has 0 aliphatic carbocycles. The van der Waals surface area contributed by atoms with Gasteiger partial charge in [0.05, 0.1) is 11.1 Å². The van der Waals surface area contributed by atoms with Gasteiger partial charge in [0, 0.05) is 31.6 Å². The molecule has 2 rings (SSSR count). The normalized spacial score (nSPS) is 11.0. The van der Waals surface area contributed by atoms with E-state index in [1.54, 1.807) is 4.57 Å². The third kappa shape index (κ3) is 5.53. The molecule has 2 amide bonds. The monoisotopic (exact) mass is 412 g/mol. The summed E-state index contributed by atoms with van der Waals surface area (Å²) in [6, 6.07) is 0. The second-order valence-corrected chi connectivity index (χ2v) is 8.03. The highest BCUT2D eigenvalue weighted by Crippen LogP contribution is 2.28. The lowest BCUT2D eigenvalue weighted by atomic mass is 10.2. The van der Waals surface area contributed by atoms with Gasteiger partial charge in [0.25, 0.3) is 5.56 Å². The first-order valence-corrected chi connectivity index (χ1v) is 10.4. The number of hydrogen-bond donors (Lipinski definition) is 2. The summed E-state index contributed by atoms with van der Waals surface area (Å²) in [4.78, 5) is 42.1. The van der Waals surface area contributed by atoms with Gasteiger partial charge in [-0.05, 0) is 32.8 Å². The number of aryl methyl sites for hydroxylation is 2. The van der Waals surface area contributed by atoms with Gasteiger partial charge in [-0.3, -0.25) is 29.8 Å². The lowest BCUT2D eigenvalue weighted by Gasteiger charge is -2.12. The Bertz CT molecular complexity index is 891. The molecule has 8 nitrogen and oxygen atoms in total. The minimum absolute atomic E-state index is 0.0347. The molecule has 10 heteroatoms. The van der Waals surface area contributed by atoms with Gasteiger partial charge < -0.3 is 4.74 Å². The van der Waals surface area contributed by atoms with Crippen LogP contribution in [0.4, 0.5) is 0 Å². The molecule has 0 spiro atoms. The number of nitrogens with one attached hydrogen (secondary N) is 2. The Hall–Kier alpha value is -1.91. The van der Waals surface area contributed by atoms with E-state index in [0.29, 0.717) is 41.6 Å². The number of hydrogen-bond acceptors (Lipinski definition) is 7. The number of ether oxygens (including phenoxy) is 1. The smallest absolute Gasteiger partial charge is 0.263 e. The largest absolute Gasteiger partial charge is 0.382 e. The molecule has 0 aliphatic rings. The van der Waals surface area contributed by atoms with E-state index >= 15 is 0 Å². The number of fused-ring (bicyclic) bond motifs is 1. The number of amides is 2. The molecule has 0 unspecified atom stereocenters. The van der Waals surface area contributed by atoms with E-state index in [4.69, 9.17) is 4.74 Å². The van der Waals surface area contributed by atoms with Gasteiger partial charge in [0.15, 0.2) is 5.16 Å². The van der Waals surface area contributed by atoms with Crippen molar-refractivity contribution in [3.05, 3.63) is 20.8 Å². The summed E-state index contributed by atoms with van der Waals surface area (Å²) in [6.45, 7) is 8.76. The van der Waals surface area contributed by atoms with Crippen LogP contribution in [0.15, 0.2) is 9.95 Å². The second-order valence-electron chi connectivity index (χ2n) is 5.88. The first kappa shape index (κ1) is 21.4. The number of rotatable bonds is 8.